The molecule has 1 aromatic carbocycles. The molecule has 0 bridgehead atoms. The number of urea groups is 1. The van der Waals surface area contributed by atoms with Gasteiger partial charge in [0, 0.05) is 17.8 Å². The molecule has 0 saturated heterocycles. The molecule has 0 unspecified atom stereocenters. The summed E-state index contributed by atoms with van der Waals surface area (Å²) in [6.45, 7) is 4.19. The van der Waals surface area contributed by atoms with E-state index in [0.717, 1.165) is 22.3 Å². The SMILES string of the molecule is CCNC(=O)Nc1nc2cc(-c3[nH]c(C(=O)O)cc3C)ccc2[nH]1. The summed E-state index contributed by atoms with van der Waals surface area (Å²) in [5.74, 6) is -0.652. The first kappa shape index (κ1) is 15.6. The summed E-state index contributed by atoms with van der Waals surface area (Å²) in [7, 11) is 0. The van der Waals surface area contributed by atoms with Gasteiger partial charge < -0.3 is 20.4 Å². The van der Waals surface area contributed by atoms with E-state index in [1.54, 1.807) is 6.07 Å². The number of carbonyl (C=O) groups excluding carboxylic acids is 1. The minimum Gasteiger partial charge on any atom is -0.477 e. The van der Waals surface area contributed by atoms with E-state index in [-0.39, 0.29) is 11.7 Å². The smallest absolute Gasteiger partial charge is 0.352 e. The van der Waals surface area contributed by atoms with Gasteiger partial charge in [-0.1, -0.05) is 6.07 Å². The number of carboxylic acid groups (broad SMARTS) is 1. The Morgan fingerprint density at radius 2 is 2.04 bits per heavy atom. The van der Waals surface area contributed by atoms with Gasteiger partial charge in [-0.25, -0.2) is 14.6 Å². The Kier molecular flexibility index (Phi) is 3.95. The number of fused-ring (bicyclic) bond motifs is 1. The van der Waals surface area contributed by atoms with Crippen LogP contribution in [0.5, 0.6) is 0 Å². The number of hydrogen-bond acceptors (Lipinski definition) is 3. The van der Waals surface area contributed by atoms with Gasteiger partial charge in [-0.3, -0.25) is 5.32 Å². The zero-order chi connectivity index (χ0) is 17.3. The summed E-state index contributed by atoms with van der Waals surface area (Å²) in [5.41, 5.74) is 3.98. The number of rotatable bonds is 4. The fourth-order valence-corrected chi connectivity index (χ4v) is 2.51. The Bertz CT molecular complexity index is 925. The third kappa shape index (κ3) is 2.94. The molecule has 0 aliphatic rings. The molecule has 2 amide bonds. The van der Waals surface area contributed by atoms with Crippen LogP contribution in [0.2, 0.25) is 0 Å². The molecule has 0 aliphatic carbocycles. The highest BCUT2D eigenvalue weighted by Gasteiger charge is 2.13. The Morgan fingerprint density at radius 1 is 1.25 bits per heavy atom. The second kappa shape index (κ2) is 6.07. The number of hydrogen-bond donors (Lipinski definition) is 5. The van der Waals surface area contributed by atoms with Crippen LogP contribution in [0.25, 0.3) is 22.3 Å². The summed E-state index contributed by atoms with van der Waals surface area (Å²) in [4.78, 5) is 32.9. The molecule has 2 aromatic heterocycles. The molecule has 3 aromatic rings. The number of anilines is 1. The highest BCUT2D eigenvalue weighted by Crippen LogP contribution is 2.27. The molecule has 0 atom stereocenters. The second-order valence-electron chi connectivity index (χ2n) is 5.35. The molecule has 0 aliphatic heterocycles. The number of imidazole rings is 1. The number of aryl methyl sites for hydroxylation is 1. The fraction of sp³-hybridized carbons (Fsp3) is 0.188. The van der Waals surface area contributed by atoms with Gasteiger partial charge in [-0.2, -0.15) is 0 Å². The van der Waals surface area contributed by atoms with Crippen molar-refractivity contribution < 1.29 is 14.7 Å². The molecule has 8 heteroatoms. The maximum absolute atomic E-state index is 11.5. The van der Waals surface area contributed by atoms with Crippen LogP contribution in [-0.4, -0.2) is 38.6 Å². The topological polar surface area (TPSA) is 123 Å². The Hall–Kier alpha value is -3.29. The monoisotopic (exact) mass is 327 g/mol. The van der Waals surface area contributed by atoms with Crippen molar-refractivity contribution >= 4 is 29.0 Å². The van der Waals surface area contributed by atoms with E-state index in [2.05, 4.69) is 25.6 Å². The van der Waals surface area contributed by atoms with Gasteiger partial charge in [-0.05, 0) is 37.6 Å². The molecule has 124 valence electrons. The molecule has 0 saturated carbocycles. The number of carboxylic acids is 1. The van der Waals surface area contributed by atoms with Crippen LogP contribution in [0.1, 0.15) is 23.0 Å². The van der Waals surface area contributed by atoms with Gasteiger partial charge in [0.25, 0.3) is 0 Å². The van der Waals surface area contributed by atoms with E-state index < -0.39 is 5.97 Å². The van der Waals surface area contributed by atoms with Crippen molar-refractivity contribution in [2.45, 2.75) is 13.8 Å². The zero-order valence-corrected chi connectivity index (χ0v) is 13.2. The minimum atomic E-state index is -1.00. The van der Waals surface area contributed by atoms with E-state index in [0.29, 0.717) is 18.0 Å². The number of amides is 2. The van der Waals surface area contributed by atoms with Crippen molar-refractivity contribution in [1.82, 2.24) is 20.3 Å². The third-order valence-electron chi connectivity index (χ3n) is 3.59. The summed E-state index contributed by atoms with van der Waals surface area (Å²) < 4.78 is 0. The van der Waals surface area contributed by atoms with Crippen LogP contribution in [0, 0.1) is 6.92 Å². The van der Waals surface area contributed by atoms with Crippen LogP contribution in [-0.2, 0) is 0 Å². The molecule has 0 spiro atoms. The van der Waals surface area contributed by atoms with Crippen LogP contribution in [0.4, 0.5) is 10.7 Å². The van der Waals surface area contributed by atoms with Crippen molar-refractivity contribution in [3.63, 3.8) is 0 Å². The van der Waals surface area contributed by atoms with Crippen molar-refractivity contribution in [2.24, 2.45) is 0 Å². The van der Waals surface area contributed by atoms with Crippen molar-refractivity contribution in [2.75, 3.05) is 11.9 Å². The summed E-state index contributed by atoms with van der Waals surface area (Å²) in [5, 5.41) is 14.3. The van der Waals surface area contributed by atoms with Gasteiger partial charge in [0.1, 0.15) is 5.69 Å². The lowest BCUT2D eigenvalue weighted by Gasteiger charge is -2.00. The normalized spacial score (nSPS) is 10.8. The summed E-state index contributed by atoms with van der Waals surface area (Å²) in [6, 6.07) is 6.79. The molecule has 2 heterocycles. The quantitative estimate of drug-likeness (QED) is 0.505. The van der Waals surface area contributed by atoms with E-state index in [9.17, 15) is 9.59 Å². The Labute approximate surface area is 137 Å². The predicted molar refractivity (Wildman–Crippen MR) is 90.3 cm³/mol. The molecular formula is C16H17N5O3. The largest absolute Gasteiger partial charge is 0.477 e. The number of H-pyrrole nitrogens is 2. The van der Waals surface area contributed by atoms with Gasteiger partial charge >= 0.3 is 12.0 Å². The Morgan fingerprint density at radius 3 is 2.71 bits per heavy atom. The molecular weight excluding hydrogens is 310 g/mol. The average molecular weight is 327 g/mol. The highest BCUT2D eigenvalue weighted by atomic mass is 16.4. The molecule has 0 radical (unpaired) electrons. The number of carbonyl (C=O) groups is 2. The van der Waals surface area contributed by atoms with Gasteiger partial charge in [-0.15, -0.1) is 0 Å². The number of aromatic amines is 2. The first-order valence-corrected chi connectivity index (χ1v) is 7.46. The number of benzene rings is 1. The van der Waals surface area contributed by atoms with Crippen LogP contribution < -0.4 is 10.6 Å². The van der Waals surface area contributed by atoms with E-state index in [4.69, 9.17) is 5.11 Å². The lowest BCUT2D eigenvalue weighted by molar-refractivity contribution is 0.0691. The predicted octanol–water partition coefficient (Wildman–Crippen LogP) is 2.71. The maximum Gasteiger partial charge on any atom is 0.352 e. The van der Waals surface area contributed by atoms with Crippen molar-refractivity contribution in [3.05, 3.63) is 35.5 Å². The molecule has 5 N–H and O–H groups in total. The van der Waals surface area contributed by atoms with Gasteiger partial charge in [0.05, 0.1) is 11.0 Å². The molecule has 8 nitrogen and oxygen atoms in total. The number of aromatic nitrogens is 3. The fourth-order valence-electron chi connectivity index (χ4n) is 2.51. The van der Waals surface area contributed by atoms with Crippen LogP contribution >= 0.6 is 0 Å². The van der Waals surface area contributed by atoms with E-state index >= 15 is 0 Å². The minimum absolute atomic E-state index is 0.142. The zero-order valence-electron chi connectivity index (χ0n) is 13.2. The maximum atomic E-state index is 11.5. The van der Waals surface area contributed by atoms with Crippen molar-refractivity contribution in [3.8, 4) is 11.3 Å². The third-order valence-corrected chi connectivity index (χ3v) is 3.59. The summed E-state index contributed by atoms with van der Waals surface area (Å²) in [6.07, 6.45) is 0. The van der Waals surface area contributed by atoms with Crippen LogP contribution in [0.3, 0.4) is 0 Å². The van der Waals surface area contributed by atoms with Crippen molar-refractivity contribution in [1.29, 1.82) is 0 Å². The number of nitrogens with zero attached hydrogens (tertiary/aromatic N) is 1. The van der Waals surface area contributed by atoms with Gasteiger partial charge in [0.2, 0.25) is 5.95 Å². The number of nitrogens with one attached hydrogen (secondary N) is 4. The van der Waals surface area contributed by atoms with Crippen LogP contribution in [0.15, 0.2) is 24.3 Å². The highest BCUT2D eigenvalue weighted by molar-refractivity contribution is 5.91. The molecule has 3 rings (SSSR count). The molecule has 0 fully saturated rings. The van der Waals surface area contributed by atoms with E-state index in [1.165, 1.54) is 0 Å². The Balaban J connectivity index is 1.94. The standard InChI is InChI=1S/C16H17N5O3/c1-3-17-16(24)21-15-19-10-5-4-9(7-11(10)20-15)13-8(2)6-12(18-13)14(22)23/h4-7,18H,3H2,1-2H3,(H,22,23)(H3,17,19,20,21,24). The first-order valence-electron chi connectivity index (χ1n) is 7.46. The summed E-state index contributed by atoms with van der Waals surface area (Å²) >= 11 is 0. The van der Waals surface area contributed by atoms with E-state index in [1.807, 2.05) is 32.0 Å². The molecule has 24 heavy (non-hydrogen) atoms. The number of aromatic carboxylic acids is 1. The second-order valence-corrected chi connectivity index (χ2v) is 5.35. The first-order chi connectivity index (χ1) is 11.5. The lowest BCUT2D eigenvalue weighted by atomic mass is 10.1. The average Bonchev–Trinajstić information content (AvgIpc) is 3.09. The van der Waals surface area contributed by atoms with Gasteiger partial charge in [0.15, 0.2) is 0 Å². The lowest BCUT2D eigenvalue weighted by Crippen LogP contribution is -2.28.